The van der Waals surface area contributed by atoms with Crippen molar-refractivity contribution in [3.63, 3.8) is 0 Å². The van der Waals surface area contributed by atoms with Crippen molar-refractivity contribution >= 4 is 75.1 Å². The Kier molecular flexibility index (Phi) is 75.0. The van der Waals surface area contributed by atoms with E-state index >= 15 is 0 Å². The minimum atomic E-state index is -3.02. The van der Waals surface area contributed by atoms with Crippen molar-refractivity contribution in [2.75, 3.05) is 210 Å². The third-order valence-electron chi connectivity index (χ3n) is 7.56. The average Bonchev–Trinajstić information content (AvgIpc) is 3.27. The van der Waals surface area contributed by atoms with E-state index in [9.17, 15) is 13.7 Å². The number of hydrogen-bond donors (Lipinski definition) is 2. The first kappa shape index (κ1) is 80.5. The van der Waals surface area contributed by atoms with Crippen molar-refractivity contribution in [1.29, 1.82) is 0 Å². The second kappa shape index (κ2) is 62.4. The van der Waals surface area contributed by atoms with Crippen LogP contribution in [0.25, 0.3) is 0 Å². The Morgan fingerprint density at radius 2 is 0.955 bits per heavy atom. The molecule has 0 spiro atoms. The van der Waals surface area contributed by atoms with Crippen molar-refractivity contribution in [2.24, 2.45) is 10.2 Å². The van der Waals surface area contributed by atoms with E-state index in [0.29, 0.717) is 74.5 Å². The Morgan fingerprint density at radius 1 is 0.612 bits per heavy atom. The van der Waals surface area contributed by atoms with Crippen LogP contribution < -0.4 is 11.1 Å². The van der Waals surface area contributed by atoms with E-state index in [1.807, 2.05) is 0 Å². The summed E-state index contributed by atoms with van der Waals surface area (Å²) in [6.45, 7) is 36.5. The maximum atomic E-state index is 12.2. The number of rotatable bonds is 38. The second-order valence-electron chi connectivity index (χ2n) is 13.7. The van der Waals surface area contributed by atoms with E-state index in [-0.39, 0.29) is 28.2 Å². The Labute approximate surface area is 422 Å². The molecule has 0 fully saturated rings. The fourth-order valence-corrected chi connectivity index (χ4v) is 11.1. The minimum Gasteiger partial charge on any atom is -0.383 e. The van der Waals surface area contributed by atoms with Gasteiger partial charge >= 0.3 is 22.8 Å². The molecule has 0 aromatic rings. The van der Waals surface area contributed by atoms with Crippen LogP contribution in [0.15, 0.2) is 16.9 Å². The molecule has 0 aliphatic rings. The lowest BCUT2D eigenvalue weighted by Crippen LogP contribution is -2.32. The van der Waals surface area contributed by atoms with Gasteiger partial charge in [0, 0.05) is 93.2 Å². The maximum Gasteiger partial charge on any atom is 0.353 e. The lowest BCUT2D eigenvalue weighted by molar-refractivity contribution is 0.155. The molecule has 0 aromatic carbocycles. The summed E-state index contributed by atoms with van der Waals surface area (Å²) in [5.74, 6) is 1.22. The molecule has 0 aliphatic heterocycles. The average molecular weight is 1140 g/mol. The number of nitrogens with two attached hydrogens (primary N) is 1. The van der Waals surface area contributed by atoms with Gasteiger partial charge in [0.05, 0.1) is 71.8 Å². The summed E-state index contributed by atoms with van der Waals surface area (Å²) in [5.41, 5.74) is 5.01. The first-order valence-corrected chi connectivity index (χ1v) is 35.6. The van der Waals surface area contributed by atoms with Crippen LogP contribution in [-0.4, -0.2) is 220 Å². The molecule has 0 amide bonds. The molecule has 0 saturated heterocycles. The zero-order chi connectivity index (χ0) is 52.7. The van der Waals surface area contributed by atoms with Crippen LogP contribution >= 0.6 is 75.1 Å². The predicted molar refractivity (Wildman–Crippen MR) is 305 cm³/mol. The molecular weight excluding hydrogens is 1040 g/mol. The van der Waals surface area contributed by atoms with Crippen LogP contribution in [0.1, 0.15) is 41.5 Å². The third kappa shape index (κ3) is 66.1. The standard InChI is InChI=1S/C12H29NO6P2.C11H27NOP2.C7H19NOP2.C6H13O3P.C3H9NO.CH5NOP2/c1-5-16-20(14,17-6-2)11-9-13-10-12-21(15,18-7-3)19-8-4;1-13-9-6-12(7-10-14(2)3)8-11-15(4)5;1-9-5-2-8(3-6-10)4-7-11;1-4-8-10(7,6-3)9-5-2;1-5-3-2-4;1-3-5-2-4/h13H,5-12H2,1-4H3;6-11H2,1-5H3;2-7,10-11H2,1H3;6H,3-5H2,1-2H3;2-4H2,1H3;4H2,1H3. The van der Waals surface area contributed by atoms with Gasteiger partial charge in [-0.25, -0.2) is 4.52 Å². The first-order chi connectivity index (χ1) is 31.9. The summed E-state index contributed by atoms with van der Waals surface area (Å²) in [7, 11) is 6.64. The summed E-state index contributed by atoms with van der Waals surface area (Å²) < 4.78 is 88.7. The van der Waals surface area contributed by atoms with Gasteiger partial charge in [0.25, 0.3) is 0 Å². The molecule has 3 atom stereocenters. The fourth-order valence-electron chi connectivity index (χ4n) is 4.50. The van der Waals surface area contributed by atoms with E-state index in [0.717, 1.165) is 51.7 Å². The van der Waals surface area contributed by atoms with Gasteiger partial charge in [-0.05, 0) is 102 Å². The van der Waals surface area contributed by atoms with E-state index in [4.69, 9.17) is 42.3 Å². The molecule has 3 N–H and O–H groups in total. The van der Waals surface area contributed by atoms with Crippen molar-refractivity contribution in [3.05, 3.63) is 12.4 Å². The highest BCUT2D eigenvalue weighted by Crippen LogP contribution is 2.49. The molecular formula is C40H102N5O13P9. The zero-order valence-electron chi connectivity index (χ0n) is 44.4. The van der Waals surface area contributed by atoms with E-state index < -0.39 is 22.8 Å². The Bertz CT molecular complexity index is 1080. The van der Waals surface area contributed by atoms with Gasteiger partial charge in [-0.3, -0.25) is 13.7 Å². The highest BCUT2D eigenvalue weighted by atomic mass is 31.2. The van der Waals surface area contributed by atoms with Gasteiger partial charge < -0.3 is 66.7 Å². The van der Waals surface area contributed by atoms with E-state index in [1.165, 1.54) is 31.2 Å². The molecule has 410 valence electrons. The van der Waals surface area contributed by atoms with Crippen LogP contribution in [-0.2, 0) is 59.6 Å². The van der Waals surface area contributed by atoms with Crippen LogP contribution in [0.5, 0.6) is 0 Å². The number of methoxy groups -OCH3 is 3. The summed E-state index contributed by atoms with van der Waals surface area (Å²) in [4.78, 5) is 4.97. The normalized spacial score (nSPS) is 11.6. The number of nitrogens with one attached hydrogen (secondary N) is 1. The summed E-state index contributed by atoms with van der Waals surface area (Å²) >= 11 is 0. The fraction of sp³-hybridized carbons (Fsp3) is 0.950. The summed E-state index contributed by atoms with van der Waals surface area (Å²) in [6, 6.07) is 0. The van der Waals surface area contributed by atoms with E-state index in [1.54, 1.807) is 70.0 Å². The number of hydrogen-bond acceptors (Lipinski definition) is 18. The lowest BCUT2D eigenvalue weighted by Gasteiger charge is -2.23. The van der Waals surface area contributed by atoms with Crippen LogP contribution in [0.4, 0.5) is 0 Å². The maximum absolute atomic E-state index is 12.2. The monoisotopic (exact) mass is 1140 g/mol. The van der Waals surface area contributed by atoms with Crippen molar-refractivity contribution in [2.45, 2.75) is 41.5 Å². The Morgan fingerprint density at radius 3 is 1.16 bits per heavy atom. The molecule has 0 aliphatic carbocycles. The van der Waals surface area contributed by atoms with Crippen molar-refractivity contribution in [1.82, 2.24) is 15.1 Å². The molecule has 0 bridgehead atoms. The van der Waals surface area contributed by atoms with Gasteiger partial charge in [0.2, 0.25) is 0 Å². The van der Waals surface area contributed by atoms with Gasteiger partial charge in [0.15, 0.2) is 8.60 Å². The Hall–Kier alpha value is 2.12. The lowest BCUT2D eigenvalue weighted by atomic mass is 10.5. The Balaban J connectivity index is -0.000000178. The smallest absolute Gasteiger partial charge is 0.353 e. The molecule has 0 rings (SSSR count). The number of nitrogens with zero attached hydrogens (tertiary/aromatic N) is 3. The summed E-state index contributed by atoms with van der Waals surface area (Å²) in [5, 5.41) is 3.07. The van der Waals surface area contributed by atoms with E-state index in [2.05, 4.69) is 90.0 Å². The van der Waals surface area contributed by atoms with Crippen molar-refractivity contribution < 1.29 is 59.6 Å². The van der Waals surface area contributed by atoms with Crippen LogP contribution in [0.2, 0.25) is 0 Å². The van der Waals surface area contributed by atoms with Gasteiger partial charge in [-0.1, -0.05) is 6.58 Å². The largest absolute Gasteiger partial charge is 0.383 e. The highest BCUT2D eigenvalue weighted by molar-refractivity contribution is 7.57. The zero-order valence-corrected chi connectivity index (χ0v) is 53.2. The SMILES string of the molecule is C=CP(=O)(OCC)OCC.CCOP(=O)(CCNCCP(=O)(OCC)OCC)OCC.COCCN.COCCN(CCP(C)C)CCP(C)C.COCCN(CCP)CCP.COP=NP. The third-order valence-corrected chi connectivity index (χ3v) is 16.6. The van der Waals surface area contributed by atoms with Crippen molar-refractivity contribution in [3.8, 4) is 0 Å². The second-order valence-corrected chi connectivity index (χ2v) is 27.8. The van der Waals surface area contributed by atoms with Gasteiger partial charge in [-0.15, -0.1) is 34.3 Å². The predicted octanol–water partition coefficient (Wildman–Crippen LogP) is 9.67. The van der Waals surface area contributed by atoms with Crippen LogP contribution in [0, 0.1) is 0 Å². The quantitative estimate of drug-likeness (QED) is 0.0437. The topological polar surface area (TPSA) is 200 Å². The molecule has 27 heteroatoms. The van der Waals surface area contributed by atoms with Gasteiger partial charge in [0.1, 0.15) is 0 Å². The number of ether oxygens (including phenoxy) is 3. The molecule has 0 heterocycles. The molecule has 3 unspecified atom stereocenters. The molecule has 0 saturated carbocycles. The minimum absolute atomic E-state index is 0.249. The summed E-state index contributed by atoms with van der Waals surface area (Å²) in [6.07, 6.45) is 5.59. The molecule has 0 aromatic heterocycles. The molecule has 0 radical (unpaired) electrons. The molecule has 18 nitrogen and oxygen atoms in total. The molecule has 67 heavy (non-hydrogen) atoms. The highest BCUT2D eigenvalue weighted by Gasteiger charge is 2.25. The van der Waals surface area contributed by atoms with Crippen LogP contribution in [0.3, 0.4) is 0 Å². The van der Waals surface area contributed by atoms with Gasteiger partial charge in [-0.2, -0.15) is 0 Å². The first-order valence-electron chi connectivity index (χ1n) is 22.8.